The van der Waals surface area contributed by atoms with E-state index in [4.69, 9.17) is 0 Å². The van der Waals surface area contributed by atoms with Crippen molar-refractivity contribution in [3.8, 4) is 0 Å². The summed E-state index contributed by atoms with van der Waals surface area (Å²) in [7, 11) is 0. The molecule has 0 aromatic carbocycles. The number of hydrogen-bond acceptors (Lipinski definition) is 0. The van der Waals surface area contributed by atoms with Gasteiger partial charge in [-0.2, -0.15) is 0 Å². The summed E-state index contributed by atoms with van der Waals surface area (Å²) in [5.41, 5.74) is 0. The molecular formula is C17H28F2. The van der Waals surface area contributed by atoms with Crippen molar-refractivity contribution in [2.24, 2.45) is 0 Å². The van der Waals surface area contributed by atoms with E-state index in [0.717, 1.165) is 25.7 Å². The fourth-order valence-corrected chi connectivity index (χ4v) is 1.08. The quantitative estimate of drug-likeness (QED) is 0.351. The van der Waals surface area contributed by atoms with Crippen LogP contribution in [0.1, 0.15) is 59.8 Å². The van der Waals surface area contributed by atoms with Crippen LogP contribution in [0.25, 0.3) is 0 Å². The highest BCUT2D eigenvalue weighted by Gasteiger charge is 1.81. The summed E-state index contributed by atoms with van der Waals surface area (Å²) in [6, 6.07) is 0. The maximum absolute atomic E-state index is 12.3. The largest absolute Gasteiger partial charge is 0.212 e. The molecule has 0 aliphatic heterocycles. The third-order valence-corrected chi connectivity index (χ3v) is 2.19. The lowest BCUT2D eigenvalue weighted by molar-refractivity contribution is 0.640. The van der Waals surface area contributed by atoms with E-state index in [1.165, 1.54) is 31.6 Å². The van der Waals surface area contributed by atoms with Gasteiger partial charge in [0.05, 0.1) is 5.83 Å². The fourth-order valence-electron chi connectivity index (χ4n) is 1.08. The Balaban J connectivity index is 0. The first kappa shape index (κ1) is 20.1. The smallest absolute Gasteiger partial charge is 0.118 e. The zero-order chi connectivity index (χ0) is 14.9. The molecule has 0 amide bonds. The van der Waals surface area contributed by atoms with Crippen LogP contribution in [0.5, 0.6) is 0 Å². The van der Waals surface area contributed by atoms with Crippen LogP contribution in [0.3, 0.4) is 0 Å². The van der Waals surface area contributed by atoms with Gasteiger partial charge in [-0.1, -0.05) is 57.4 Å². The van der Waals surface area contributed by atoms with Crippen LogP contribution in [0.2, 0.25) is 0 Å². The molecule has 110 valence electrons. The first-order chi connectivity index (χ1) is 9.08. The molecule has 19 heavy (non-hydrogen) atoms. The van der Waals surface area contributed by atoms with Gasteiger partial charge in [0.2, 0.25) is 0 Å². The summed E-state index contributed by atoms with van der Waals surface area (Å²) in [6.07, 6.45) is 15.5. The number of hydrogen-bond donors (Lipinski definition) is 0. The van der Waals surface area contributed by atoms with Crippen molar-refractivity contribution < 1.29 is 8.78 Å². The molecule has 0 radical (unpaired) electrons. The van der Waals surface area contributed by atoms with E-state index >= 15 is 0 Å². The van der Waals surface area contributed by atoms with E-state index in [2.05, 4.69) is 13.8 Å². The summed E-state index contributed by atoms with van der Waals surface area (Å²) in [5, 5.41) is 0. The van der Waals surface area contributed by atoms with Crippen molar-refractivity contribution in [2.45, 2.75) is 59.8 Å². The van der Waals surface area contributed by atoms with E-state index in [-0.39, 0.29) is 11.7 Å². The van der Waals surface area contributed by atoms with Gasteiger partial charge < -0.3 is 0 Å². The predicted molar refractivity (Wildman–Crippen MR) is 82.4 cm³/mol. The normalized spacial score (nSPS) is 12.9. The molecule has 0 aromatic rings. The van der Waals surface area contributed by atoms with E-state index < -0.39 is 0 Å². The average Bonchev–Trinajstić information content (AvgIpc) is 2.40. The molecule has 0 N–H and O–H groups in total. The first-order valence-corrected chi connectivity index (χ1v) is 7.05. The van der Waals surface area contributed by atoms with Crippen molar-refractivity contribution in [1.29, 1.82) is 0 Å². The number of halogens is 2. The van der Waals surface area contributed by atoms with Crippen LogP contribution in [0, 0.1) is 0 Å². The van der Waals surface area contributed by atoms with Gasteiger partial charge in [-0.15, -0.1) is 0 Å². The predicted octanol–water partition coefficient (Wildman–Crippen LogP) is 6.82. The Morgan fingerprint density at radius 2 is 1.68 bits per heavy atom. The minimum atomic E-state index is -0.142. The fraction of sp³-hybridized carbons (Fsp3) is 0.529. The van der Waals surface area contributed by atoms with Gasteiger partial charge in [-0.25, -0.2) is 8.78 Å². The number of unbranched alkanes of at least 4 members (excludes halogenated alkanes) is 3. The Kier molecular flexibility index (Phi) is 17.8. The van der Waals surface area contributed by atoms with Crippen molar-refractivity contribution in [1.82, 2.24) is 0 Å². The van der Waals surface area contributed by atoms with E-state index in [1.807, 2.05) is 12.2 Å². The maximum atomic E-state index is 12.3. The van der Waals surface area contributed by atoms with Gasteiger partial charge in [0, 0.05) is 0 Å². The molecule has 0 fully saturated rings. The second kappa shape index (κ2) is 16.8. The molecular weight excluding hydrogens is 242 g/mol. The molecule has 0 aliphatic carbocycles. The van der Waals surface area contributed by atoms with Crippen LogP contribution in [0.15, 0.2) is 48.1 Å². The Morgan fingerprint density at radius 1 is 1.00 bits per heavy atom. The van der Waals surface area contributed by atoms with E-state index in [0.29, 0.717) is 0 Å². The van der Waals surface area contributed by atoms with Crippen molar-refractivity contribution >= 4 is 0 Å². The lowest BCUT2D eigenvalue weighted by Crippen LogP contribution is -1.67. The van der Waals surface area contributed by atoms with Crippen LogP contribution in [-0.4, -0.2) is 0 Å². The minimum absolute atomic E-state index is 0.137. The highest BCUT2D eigenvalue weighted by Crippen LogP contribution is 2.01. The Labute approximate surface area is 117 Å². The summed E-state index contributed by atoms with van der Waals surface area (Å²) >= 11 is 0. The average molecular weight is 270 g/mol. The third-order valence-electron chi connectivity index (χ3n) is 2.19. The second-order valence-electron chi connectivity index (χ2n) is 4.19. The molecule has 0 spiro atoms. The third kappa shape index (κ3) is 22.5. The van der Waals surface area contributed by atoms with Crippen molar-refractivity contribution in [3.05, 3.63) is 48.1 Å². The summed E-state index contributed by atoms with van der Waals surface area (Å²) in [5.74, 6) is -0.279. The van der Waals surface area contributed by atoms with Crippen LogP contribution < -0.4 is 0 Å². The zero-order valence-corrected chi connectivity index (χ0v) is 12.8. The molecule has 0 atom stereocenters. The Morgan fingerprint density at radius 3 is 2.16 bits per heavy atom. The van der Waals surface area contributed by atoms with Crippen molar-refractivity contribution in [3.63, 3.8) is 0 Å². The SMILES string of the molecule is C/C=C(F)\C=C/CCCC.CCC/C=C\C=C(/C)F. The van der Waals surface area contributed by atoms with Gasteiger partial charge in [-0.05, 0) is 38.8 Å². The van der Waals surface area contributed by atoms with Gasteiger partial charge in [-0.3, -0.25) is 0 Å². The van der Waals surface area contributed by atoms with Gasteiger partial charge in [0.15, 0.2) is 0 Å². The van der Waals surface area contributed by atoms with Crippen LogP contribution in [-0.2, 0) is 0 Å². The molecule has 0 saturated heterocycles. The van der Waals surface area contributed by atoms with Gasteiger partial charge >= 0.3 is 0 Å². The molecule has 0 nitrogen and oxygen atoms in total. The number of rotatable bonds is 7. The molecule has 0 unspecified atom stereocenters. The first-order valence-electron chi connectivity index (χ1n) is 7.05. The zero-order valence-electron chi connectivity index (χ0n) is 12.8. The second-order valence-corrected chi connectivity index (χ2v) is 4.19. The molecule has 0 aromatic heterocycles. The van der Waals surface area contributed by atoms with E-state index in [1.54, 1.807) is 13.0 Å². The maximum Gasteiger partial charge on any atom is 0.118 e. The topological polar surface area (TPSA) is 0 Å². The molecule has 0 saturated carbocycles. The molecule has 0 bridgehead atoms. The lowest BCUT2D eigenvalue weighted by atomic mass is 10.2. The standard InChI is InChI=1S/C9H15F.C8H13F/c1-3-5-6-7-8-9(10)4-2;1-3-4-5-6-7-8(2)9/h4,7-8H,3,5-6H2,1-2H3;5-7H,3-4H2,1-2H3/b8-7-,9-4+;6-5-,8-7+. The van der Waals surface area contributed by atoms with Gasteiger partial charge in [0.25, 0.3) is 0 Å². The summed E-state index contributed by atoms with van der Waals surface area (Å²) < 4.78 is 24.3. The van der Waals surface area contributed by atoms with E-state index in [9.17, 15) is 8.78 Å². The van der Waals surface area contributed by atoms with Crippen LogP contribution in [0.4, 0.5) is 8.78 Å². The van der Waals surface area contributed by atoms with Gasteiger partial charge in [0.1, 0.15) is 5.83 Å². The molecule has 2 heteroatoms. The molecule has 0 rings (SSSR count). The Hall–Kier alpha value is -1.18. The molecule has 0 aliphatic rings. The summed E-state index contributed by atoms with van der Waals surface area (Å²) in [4.78, 5) is 0. The Bertz CT molecular complexity index is 292. The number of allylic oxidation sites excluding steroid dienone is 8. The van der Waals surface area contributed by atoms with Crippen LogP contribution >= 0.6 is 0 Å². The van der Waals surface area contributed by atoms with Crippen molar-refractivity contribution in [2.75, 3.05) is 0 Å². The molecule has 0 heterocycles. The lowest BCUT2D eigenvalue weighted by Gasteiger charge is -1.87. The highest BCUT2D eigenvalue weighted by molar-refractivity contribution is 5.09. The monoisotopic (exact) mass is 270 g/mol. The highest BCUT2D eigenvalue weighted by atomic mass is 19.1. The summed E-state index contributed by atoms with van der Waals surface area (Å²) in [6.45, 7) is 7.35. The minimum Gasteiger partial charge on any atom is -0.212 e.